The number of carbonyl (C=O) groups is 1. The van der Waals surface area contributed by atoms with Gasteiger partial charge >= 0.3 is 0 Å². The molecule has 6 heteroatoms. The Kier molecular flexibility index (Phi) is 5.59. The maximum atomic E-state index is 11.7. The van der Waals surface area contributed by atoms with Gasteiger partial charge in [0.25, 0.3) is 0 Å². The summed E-state index contributed by atoms with van der Waals surface area (Å²) in [7, 11) is 0. The number of halogens is 1. The van der Waals surface area contributed by atoms with Crippen LogP contribution in [0, 0.1) is 3.57 Å². The Morgan fingerprint density at radius 2 is 2.20 bits per heavy atom. The molecule has 2 rings (SSSR count). The molecule has 1 aliphatic heterocycles. The zero-order valence-corrected chi connectivity index (χ0v) is 14.0. The smallest absolute Gasteiger partial charge is 0.154 e. The normalized spacial score (nSPS) is 16.9. The second kappa shape index (κ2) is 7.21. The van der Waals surface area contributed by atoms with E-state index in [2.05, 4.69) is 43.9 Å². The number of Topliss-reactive ketones (excluding diaryl/α,β-unsaturated/α-hetero) is 1. The molecule has 0 bridgehead atoms. The maximum Gasteiger partial charge on any atom is 0.154 e. The van der Waals surface area contributed by atoms with E-state index in [0.717, 1.165) is 41.5 Å². The Morgan fingerprint density at radius 1 is 1.50 bits per heavy atom. The van der Waals surface area contributed by atoms with Crippen LogP contribution < -0.4 is 10.2 Å². The molecule has 0 unspecified atom stereocenters. The summed E-state index contributed by atoms with van der Waals surface area (Å²) >= 11 is 2.28. The molecule has 20 heavy (non-hydrogen) atoms. The lowest BCUT2D eigenvalue weighted by atomic mass is 10.2. The van der Waals surface area contributed by atoms with Crippen molar-refractivity contribution in [2.24, 2.45) is 0 Å². The van der Waals surface area contributed by atoms with Gasteiger partial charge in [-0.1, -0.05) is 6.92 Å². The van der Waals surface area contributed by atoms with Crippen LogP contribution in [0.25, 0.3) is 0 Å². The Labute approximate surface area is 133 Å². The number of carbonyl (C=O) groups excluding carboxylic acids is 1. The number of hydrogen-bond acceptors (Lipinski definition) is 5. The minimum atomic E-state index is -0.205. The van der Waals surface area contributed by atoms with Crippen molar-refractivity contribution in [3.05, 3.63) is 15.7 Å². The second-order valence-electron chi connectivity index (χ2n) is 4.81. The third-order valence-electron chi connectivity index (χ3n) is 3.31. The maximum absolute atomic E-state index is 11.7. The van der Waals surface area contributed by atoms with E-state index in [-0.39, 0.29) is 11.8 Å². The van der Waals surface area contributed by atoms with Crippen molar-refractivity contribution in [2.45, 2.75) is 26.3 Å². The van der Waals surface area contributed by atoms with Crippen molar-refractivity contribution in [2.75, 3.05) is 36.5 Å². The molecule has 0 saturated carbocycles. The largest absolute Gasteiger partial charge is 0.378 e. The van der Waals surface area contributed by atoms with Gasteiger partial charge < -0.3 is 15.0 Å². The summed E-state index contributed by atoms with van der Waals surface area (Å²) in [6, 6.07) is 3.82. The third kappa shape index (κ3) is 4.05. The lowest BCUT2D eigenvalue weighted by Crippen LogP contribution is -2.37. The van der Waals surface area contributed by atoms with Gasteiger partial charge in [0.05, 0.1) is 19.3 Å². The van der Waals surface area contributed by atoms with Gasteiger partial charge in [-0.05, 0) is 41.6 Å². The van der Waals surface area contributed by atoms with Crippen LogP contribution in [-0.2, 0) is 9.53 Å². The van der Waals surface area contributed by atoms with Gasteiger partial charge in [-0.15, -0.1) is 0 Å². The van der Waals surface area contributed by atoms with Crippen LogP contribution in [0.15, 0.2) is 12.1 Å². The van der Waals surface area contributed by atoms with Crippen molar-refractivity contribution >= 4 is 40.0 Å². The molecule has 1 fully saturated rings. The molecule has 5 nitrogen and oxygen atoms in total. The van der Waals surface area contributed by atoms with Crippen LogP contribution in [0.3, 0.4) is 0 Å². The number of aromatic nitrogens is 1. The van der Waals surface area contributed by atoms with E-state index in [4.69, 9.17) is 4.74 Å². The number of nitrogens with one attached hydrogen (secondary N) is 1. The van der Waals surface area contributed by atoms with E-state index in [1.165, 1.54) is 0 Å². The van der Waals surface area contributed by atoms with E-state index in [0.29, 0.717) is 6.42 Å². The first kappa shape index (κ1) is 15.5. The lowest BCUT2D eigenvalue weighted by molar-refractivity contribution is -0.119. The molecule has 1 aromatic rings. The summed E-state index contributed by atoms with van der Waals surface area (Å²) in [6.07, 6.45) is 0.536. The van der Waals surface area contributed by atoms with Crippen LogP contribution in [0.2, 0.25) is 0 Å². The fourth-order valence-corrected chi connectivity index (χ4v) is 2.69. The number of hydrogen-bond donors (Lipinski definition) is 1. The average Bonchev–Trinajstić information content (AvgIpc) is 2.46. The molecular weight excluding hydrogens is 369 g/mol. The SMILES string of the molecule is CCC(=O)[C@@H](C)Nc1cc(I)cc(N2CCOCC2)n1. The van der Waals surface area contributed by atoms with Gasteiger partial charge in [0.1, 0.15) is 11.6 Å². The number of ether oxygens (including phenoxy) is 1. The molecule has 1 atom stereocenters. The first-order chi connectivity index (χ1) is 9.60. The molecule has 1 saturated heterocycles. The first-order valence-corrected chi connectivity index (χ1v) is 7.97. The predicted molar refractivity (Wildman–Crippen MR) is 88.4 cm³/mol. The van der Waals surface area contributed by atoms with E-state index in [1.54, 1.807) is 0 Å². The van der Waals surface area contributed by atoms with Crippen molar-refractivity contribution in [3.63, 3.8) is 0 Å². The minimum Gasteiger partial charge on any atom is -0.378 e. The molecule has 0 spiro atoms. The summed E-state index contributed by atoms with van der Waals surface area (Å²) in [5, 5.41) is 3.19. The highest BCUT2D eigenvalue weighted by Crippen LogP contribution is 2.21. The monoisotopic (exact) mass is 389 g/mol. The summed E-state index contributed by atoms with van der Waals surface area (Å²) in [5.41, 5.74) is 0. The fourth-order valence-electron chi connectivity index (χ4n) is 2.12. The zero-order chi connectivity index (χ0) is 14.5. The van der Waals surface area contributed by atoms with Crippen LogP contribution in [-0.4, -0.2) is 43.1 Å². The minimum absolute atomic E-state index is 0.193. The number of anilines is 2. The van der Waals surface area contributed by atoms with Gasteiger partial charge in [-0.3, -0.25) is 4.79 Å². The molecule has 0 radical (unpaired) electrons. The average molecular weight is 389 g/mol. The molecule has 1 N–H and O–H groups in total. The van der Waals surface area contributed by atoms with Gasteiger partial charge in [-0.2, -0.15) is 0 Å². The number of pyridine rings is 1. The van der Waals surface area contributed by atoms with E-state index < -0.39 is 0 Å². The molecule has 0 aliphatic carbocycles. The quantitative estimate of drug-likeness (QED) is 0.784. The van der Waals surface area contributed by atoms with Crippen LogP contribution in [0.5, 0.6) is 0 Å². The molecule has 2 heterocycles. The molecule has 110 valence electrons. The Balaban J connectivity index is 2.13. The van der Waals surface area contributed by atoms with Crippen LogP contribution >= 0.6 is 22.6 Å². The van der Waals surface area contributed by atoms with E-state index in [1.807, 2.05) is 19.9 Å². The Morgan fingerprint density at radius 3 is 2.85 bits per heavy atom. The molecular formula is C14H20IN3O2. The summed E-state index contributed by atoms with van der Waals surface area (Å²) < 4.78 is 6.47. The standard InChI is InChI=1S/C14H20IN3O2/c1-3-12(19)10(2)16-13-8-11(15)9-14(17-13)18-4-6-20-7-5-18/h8-10H,3-7H2,1-2H3,(H,16,17)/t10-/m1/s1. The van der Waals surface area contributed by atoms with E-state index >= 15 is 0 Å². The van der Waals surface area contributed by atoms with Crippen molar-refractivity contribution in [3.8, 4) is 0 Å². The van der Waals surface area contributed by atoms with Crippen LogP contribution in [0.1, 0.15) is 20.3 Å². The van der Waals surface area contributed by atoms with Crippen molar-refractivity contribution in [1.29, 1.82) is 0 Å². The van der Waals surface area contributed by atoms with Gasteiger partial charge in [-0.25, -0.2) is 4.98 Å². The zero-order valence-electron chi connectivity index (χ0n) is 11.9. The summed E-state index contributed by atoms with van der Waals surface area (Å²) in [5.74, 6) is 1.89. The highest BCUT2D eigenvalue weighted by atomic mass is 127. The van der Waals surface area contributed by atoms with Crippen LogP contribution in [0.4, 0.5) is 11.6 Å². The molecule has 1 aliphatic rings. The number of morpholine rings is 1. The van der Waals surface area contributed by atoms with Gasteiger partial charge in [0.15, 0.2) is 5.78 Å². The first-order valence-electron chi connectivity index (χ1n) is 6.89. The van der Waals surface area contributed by atoms with Crippen molar-refractivity contribution in [1.82, 2.24) is 4.98 Å². The summed E-state index contributed by atoms with van der Waals surface area (Å²) in [6.45, 7) is 6.94. The topological polar surface area (TPSA) is 54.5 Å². The Bertz CT molecular complexity index is 475. The predicted octanol–water partition coefficient (Wildman–Crippen LogP) is 2.30. The molecule has 1 aromatic heterocycles. The van der Waals surface area contributed by atoms with Gasteiger partial charge in [0.2, 0.25) is 0 Å². The van der Waals surface area contributed by atoms with Crippen molar-refractivity contribution < 1.29 is 9.53 Å². The highest BCUT2D eigenvalue weighted by molar-refractivity contribution is 14.1. The van der Waals surface area contributed by atoms with Gasteiger partial charge in [0, 0.05) is 23.1 Å². The highest BCUT2D eigenvalue weighted by Gasteiger charge is 2.15. The Hall–Kier alpha value is -0.890. The second-order valence-corrected chi connectivity index (χ2v) is 6.06. The molecule has 0 amide bonds. The van der Waals surface area contributed by atoms with E-state index in [9.17, 15) is 4.79 Å². The molecule has 0 aromatic carbocycles. The fraction of sp³-hybridized carbons (Fsp3) is 0.571. The number of ketones is 1. The number of rotatable bonds is 5. The third-order valence-corrected chi connectivity index (χ3v) is 3.93. The summed E-state index contributed by atoms with van der Waals surface area (Å²) in [4.78, 5) is 18.5. The number of nitrogens with zero attached hydrogens (tertiary/aromatic N) is 2. The lowest BCUT2D eigenvalue weighted by Gasteiger charge is -2.28.